The van der Waals surface area contributed by atoms with Gasteiger partial charge < -0.3 is 16.4 Å². The second-order valence-electron chi connectivity index (χ2n) is 3.48. The highest BCUT2D eigenvalue weighted by atomic mass is 16.1. The summed E-state index contributed by atoms with van der Waals surface area (Å²) >= 11 is 0. The molecule has 0 saturated carbocycles. The second kappa shape index (κ2) is 4.11. The first kappa shape index (κ1) is 9.83. The predicted octanol–water partition coefficient (Wildman–Crippen LogP) is -0.812. The lowest BCUT2D eigenvalue weighted by Gasteiger charge is -2.09. The molecule has 0 aliphatic carbocycles. The normalized spacial score (nSPS) is 23.5. The first-order chi connectivity index (χ1) is 6.08. The van der Waals surface area contributed by atoms with E-state index in [4.69, 9.17) is 5.73 Å². The van der Waals surface area contributed by atoms with Gasteiger partial charge in [-0.25, -0.2) is 4.99 Å². The Morgan fingerprint density at radius 1 is 1.77 bits per heavy atom. The van der Waals surface area contributed by atoms with E-state index in [9.17, 15) is 4.79 Å². The maximum atomic E-state index is 10.8. The smallest absolute Gasteiger partial charge is 0.222 e. The van der Waals surface area contributed by atoms with E-state index < -0.39 is 0 Å². The predicted molar refractivity (Wildman–Crippen MR) is 51.3 cm³/mol. The molecule has 0 aromatic heterocycles. The highest BCUT2D eigenvalue weighted by Crippen LogP contribution is 2.03. The molecular formula is C8H16N4O. The van der Waals surface area contributed by atoms with Gasteiger partial charge in [-0.2, -0.15) is 0 Å². The van der Waals surface area contributed by atoms with Crippen LogP contribution in [0.3, 0.4) is 0 Å². The van der Waals surface area contributed by atoms with Crippen LogP contribution in [0.5, 0.6) is 0 Å². The molecule has 1 unspecified atom stereocenters. The molecular weight excluding hydrogens is 168 g/mol. The summed E-state index contributed by atoms with van der Waals surface area (Å²) in [6.45, 7) is 4.57. The Morgan fingerprint density at radius 3 is 2.92 bits per heavy atom. The van der Waals surface area contributed by atoms with Crippen LogP contribution >= 0.6 is 0 Å². The third-order valence-corrected chi connectivity index (χ3v) is 1.71. The van der Waals surface area contributed by atoms with Crippen molar-refractivity contribution in [2.75, 3.05) is 6.54 Å². The van der Waals surface area contributed by atoms with Crippen molar-refractivity contribution in [1.29, 1.82) is 0 Å². The molecule has 1 amide bonds. The molecule has 0 aromatic carbocycles. The van der Waals surface area contributed by atoms with E-state index in [1.165, 1.54) is 0 Å². The minimum Gasteiger partial charge on any atom is -0.370 e. The highest BCUT2D eigenvalue weighted by molar-refractivity contribution is 5.81. The first-order valence-electron chi connectivity index (χ1n) is 4.44. The van der Waals surface area contributed by atoms with Gasteiger partial charge in [-0.1, -0.05) is 0 Å². The Morgan fingerprint density at radius 2 is 2.46 bits per heavy atom. The van der Waals surface area contributed by atoms with Crippen molar-refractivity contribution in [1.82, 2.24) is 10.6 Å². The number of guanidine groups is 1. The van der Waals surface area contributed by atoms with E-state index in [1.807, 2.05) is 13.8 Å². The molecule has 4 N–H and O–H groups in total. The van der Waals surface area contributed by atoms with Crippen LogP contribution in [0.4, 0.5) is 0 Å². The molecule has 1 saturated heterocycles. The highest BCUT2D eigenvalue weighted by Gasteiger charge is 2.20. The zero-order valence-corrected chi connectivity index (χ0v) is 8.00. The molecule has 0 bridgehead atoms. The standard InChI is InChI=1S/C8H16N4O/c1-5(2)11-8(9)12-6-3-7(13)10-4-6/h5-6H,3-4H2,1-2H3,(H,10,13)(H3,9,11,12). The first-order valence-corrected chi connectivity index (χ1v) is 4.44. The molecule has 5 heteroatoms. The lowest BCUT2D eigenvalue weighted by Crippen LogP contribution is -2.37. The number of aliphatic imine (C=N–C) groups is 1. The molecule has 1 fully saturated rings. The van der Waals surface area contributed by atoms with Crippen molar-refractivity contribution in [3.63, 3.8) is 0 Å². The number of nitrogens with two attached hydrogens (primary N) is 1. The van der Waals surface area contributed by atoms with E-state index >= 15 is 0 Å². The van der Waals surface area contributed by atoms with Crippen LogP contribution in [0.2, 0.25) is 0 Å². The zero-order valence-electron chi connectivity index (χ0n) is 8.00. The molecule has 0 radical (unpaired) electrons. The van der Waals surface area contributed by atoms with Gasteiger partial charge in [0, 0.05) is 12.6 Å². The van der Waals surface area contributed by atoms with Crippen LogP contribution in [0, 0.1) is 0 Å². The molecule has 0 aromatic rings. The number of nitrogens with zero attached hydrogens (tertiary/aromatic N) is 1. The fourth-order valence-corrected chi connectivity index (χ4v) is 1.21. The zero-order chi connectivity index (χ0) is 9.84. The van der Waals surface area contributed by atoms with Crippen molar-refractivity contribution in [2.45, 2.75) is 32.4 Å². The van der Waals surface area contributed by atoms with Crippen LogP contribution < -0.4 is 16.4 Å². The maximum Gasteiger partial charge on any atom is 0.222 e. The largest absolute Gasteiger partial charge is 0.370 e. The van der Waals surface area contributed by atoms with Crippen LogP contribution in [0.25, 0.3) is 0 Å². The quantitative estimate of drug-likeness (QED) is 0.388. The van der Waals surface area contributed by atoms with Gasteiger partial charge in [0.25, 0.3) is 0 Å². The summed E-state index contributed by atoms with van der Waals surface area (Å²) in [6, 6.07) is 0.271. The van der Waals surface area contributed by atoms with Gasteiger partial charge in [0.1, 0.15) is 0 Å². The molecule has 13 heavy (non-hydrogen) atoms. The average Bonchev–Trinajstić information content (AvgIpc) is 2.33. The SMILES string of the molecule is CC(C)NC(N)=NC1CNC(=O)C1. The molecule has 1 atom stereocenters. The number of rotatable bonds is 2. The molecule has 1 rings (SSSR count). The summed E-state index contributed by atoms with van der Waals surface area (Å²) in [7, 11) is 0. The monoisotopic (exact) mass is 184 g/mol. The Kier molecular flexibility index (Phi) is 3.11. The summed E-state index contributed by atoms with van der Waals surface area (Å²) in [4.78, 5) is 15.0. The molecule has 74 valence electrons. The van der Waals surface area contributed by atoms with Crippen molar-refractivity contribution in [3.05, 3.63) is 0 Å². The Balaban J connectivity index is 2.41. The van der Waals surface area contributed by atoms with E-state index in [0.717, 1.165) is 0 Å². The van der Waals surface area contributed by atoms with Crippen molar-refractivity contribution >= 4 is 11.9 Å². The van der Waals surface area contributed by atoms with Gasteiger partial charge in [-0.3, -0.25) is 4.79 Å². The minimum absolute atomic E-state index is 0.00116. The molecule has 5 nitrogen and oxygen atoms in total. The average molecular weight is 184 g/mol. The van der Waals surface area contributed by atoms with Crippen molar-refractivity contribution in [2.24, 2.45) is 10.7 Å². The van der Waals surface area contributed by atoms with E-state index in [0.29, 0.717) is 18.9 Å². The van der Waals surface area contributed by atoms with Crippen molar-refractivity contribution < 1.29 is 4.79 Å². The molecule has 1 aliphatic rings. The summed E-state index contributed by atoms with van der Waals surface area (Å²) in [5.41, 5.74) is 5.60. The maximum absolute atomic E-state index is 10.8. The molecule has 0 spiro atoms. The Bertz CT molecular complexity index is 224. The number of amides is 1. The third-order valence-electron chi connectivity index (χ3n) is 1.71. The Hall–Kier alpha value is -1.26. The van der Waals surface area contributed by atoms with E-state index in [2.05, 4.69) is 15.6 Å². The molecule has 1 aliphatic heterocycles. The lowest BCUT2D eigenvalue weighted by atomic mass is 10.3. The number of carbonyl (C=O) groups excluding carboxylic acids is 1. The number of hydrogen-bond acceptors (Lipinski definition) is 2. The fourth-order valence-electron chi connectivity index (χ4n) is 1.21. The molecule has 1 heterocycles. The van der Waals surface area contributed by atoms with Crippen LogP contribution in [0.15, 0.2) is 4.99 Å². The van der Waals surface area contributed by atoms with Gasteiger partial charge in [0.2, 0.25) is 5.91 Å². The third kappa shape index (κ3) is 3.31. The van der Waals surface area contributed by atoms with Gasteiger partial charge in [0.15, 0.2) is 5.96 Å². The number of hydrogen-bond donors (Lipinski definition) is 3. The van der Waals surface area contributed by atoms with Crippen LogP contribution in [0.1, 0.15) is 20.3 Å². The van der Waals surface area contributed by atoms with Gasteiger partial charge in [-0.05, 0) is 13.8 Å². The topological polar surface area (TPSA) is 79.5 Å². The van der Waals surface area contributed by atoms with Gasteiger partial charge in [0.05, 0.1) is 12.5 Å². The summed E-state index contributed by atoms with van der Waals surface area (Å²) in [6.07, 6.45) is 0.445. The lowest BCUT2D eigenvalue weighted by molar-refractivity contribution is -0.119. The summed E-state index contributed by atoms with van der Waals surface area (Å²) in [5, 5.41) is 5.67. The van der Waals surface area contributed by atoms with Crippen molar-refractivity contribution in [3.8, 4) is 0 Å². The second-order valence-corrected chi connectivity index (χ2v) is 3.48. The van der Waals surface area contributed by atoms with E-state index in [-0.39, 0.29) is 18.0 Å². The van der Waals surface area contributed by atoms with Crippen LogP contribution in [-0.4, -0.2) is 30.5 Å². The van der Waals surface area contributed by atoms with Crippen LogP contribution in [-0.2, 0) is 4.79 Å². The van der Waals surface area contributed by atoms with E-state index in [1.54, 1.807) is 0 Å². The van der Waals surface area contributed by atoms with Gasteiger partial charge in [-0.15, -0.1) is 0 Å². The number of nitrogens with one attached hydrogen (secondary N) is 2. The fraction of sp³-hybridized carbons (Fsp3) is 0.750. The van der Waals surface area contributed by atoms with Gasteiger partial charge >= 0.3 is 0 Å². The Labute approximate surface area is 77.8 Å². The summed E-state index contributed by atoms with van der Waals surface area (Å²) in [5.74, 6) is 0.461. The minimum atomic E-state index is -0.00116. The number of carbonyl (C=O) groups is 1. The summed E-state index contributed by atoms with van der Waals surface area (Å²) < 4.78 is 0.